The molecule has 0 saturated heterocycles. The van der Waals surface area contributed by atoms with Crippen molar-refractivity contribution in [2.45, 2.75) is 6.54 Å². The van der Waals surface area contributed by atoms with Crippen LogP contribution in [0.25, 0.3) is 11.3 Å². The van der Waals surface area contributed by atoms with Crippen molar-refractivity contribution in [2.75, 3.05) is 5.32 Å². The van der Waals surface area contributed by atoms with E-state index in [1.807, 2.05) is 0 Å². The fourth-order valence-electron chi connectivity index (χ4n) is 1.81. The van der Waals surface area contributed by atoms with Crippen molar-refractivity contribution in [1.82, 2.24) is 19.7 Å². The standard InChI is InChI=1S/C14H9FN6OS/c15-10-3-1-9(2-4-10)11-7-23-14(18-11)19-13(22)6-21-8-17-12(5-16)20-21/h1-4,7-8H,6H2,(H,18,19,22). The third kappa shape index (κ3) is 3.56. The number of anilines is 1. The summed E-state index contributed by atoms with van der Waals surface area (Å²) in [4.78, 5) is 19.9. The van der Waals surface area contributed by atoms with Gasteiger partial charge in [0.05, 0.1) is 5.69 Å². The Morgan fingerprint density at radius 3 is 2.87 bits per heavy atom. The van der Waals surface area contributed by atoms with Crippen LogP contribution in [0.2, 0.25) is 0 Å². The van der Waals surface area contributed by atoms with E-state index in [0.29, 0.717) is 10.8 Å². The predicted octanol–water partition coefficient (Wildman–Crippen LogP) is 2.05. The van der Waals surface area contributed by atoms with Gasteiger partial charge < -0.3 is 5.32 Å². The van der Waals surface area contributed by atoms with Gasteiger partial charge in [0, 0.05) is 10.9 Å². The predicted molar refractivity (Wildman–Crippen MR) is 80.9 cm³/mol. The van der Waals surface area contributed by atoms with Gasteiger partial charge in [-0.2, -0.15) is 5.26 Å². The average molecular weight is 328 g/mol. The first-order valence-corrected chi connectivity index (χ1v) is 7.33. The highest BCUT2D eigenvalue weighted by atomic mass is 32.1. The molecule has 0 atom stereocenters. The van der Waals surface area contributed by atoms with Gasteiger partial charge in [-0.25, -0.2) is 19.0 Å². The van der Waals surface area contributed by atoms with E-state index in [1.54, 1.807) is 23.6 Å². The SMILES string of the molecule is N#Cc1ncn(CC(=O)Nc2nc(-c3ccc(F)cc3)cs2)n1. The maximum atomic E-state index is 12.9. The summed E-state index contributed by atoms with van der Waals surface area (Å²) >= 11 is 1.26. The smallest absolute Gasteiger partial charge is 0.252 e. The van der Waals surface area contributed by atoms with Crippen LogP contribution in [0.4, 0.5) is 9.52 Å². The molecule has 1 aromatic carbocycles. The molecule has 0 radical (unpaired) electrons. The number of halogens is 1. The normalized spacial score (nSPS) is 10.3. The highest BCUT2D eigenvalue weighted by molar-refractivity contribution is 7.14. The lowest BCUT2D eigenvalue weighted by molar-refractivity contribution is -0.116. The van der Waals surface area contributed by atoms with E-state index in [1.165, 1.54) is 34.5 Å². The van der Waals surface area contributed by atoms with Crippen LogP contribution < -0.4 is 5.32 Å². The first kappa shape index (κ1) is 14.8. The highest BCUT2D eigenvalue weighted by Gasteiger charge is 2.10. The van der Waals surface area contributed by atoms with E-state index in [2.05, 4.69) is 20.4 Å². The van der Waals surface area contributed by atoms with Crippen LogP contribution in [0.1, 0.15) is 5.82 Å². The quantitative estimate of drug-likeness (QED) is 0.790. The molecule has 0 bridgehead atoms. The molecular formula is C14H9FN6OS. The molecule has 2 aromatic heterocycles. The summed E-state index contributed by atoms with van der Waals surface area (Å²) in [5.74, 6) is -0.646. The second-order valence-electron chi connectivity index (χ2n) is 4.47. The van der Waals surface area contributed by atoms with Gasteiger partial charge in [-0.3, -0.25) is 4.79 Å². The molecule has 0 aliphatic rings. The number of amides is 1. The zero-order valence-corrected chi connectivity index (χ0v) is 12.4. The molecule has 2 heterocycles. The van der Waals surface area contributed by atoms with Crippen molar-refractivity contribution in [3.8, 4) is 17.3 Å². The van der Waals surface area contributed by atoms with Gasteiger partial charge >= 0.3 is 0 Å². The van der Waals surface area contributed by atoms with Crippen LogP contribution >= 0.6 is 11.3 Å². The van der Waals surface area contributed by atoms with E-state index in [0.717, 1.165) is 5.56 Å². The minimum absolute atomic E-state index is 0.00523. The van der Waals surface area contributed by atoms with Crippen LogP contribution in [-0.4, -0.2) is 25.7 Å². The van der Waals surface area contributed by atoms with Gasteiger partial charge in [0.25, 0.3) is 5.82 Å². The zero-order valence-electron chi connectivity index (χ0n) is 11.6. The van der Waals surface area contributed by atoms with E-state index < -0.39 is 0 Å². The molecule has 0 saturated carbocycles. The molecule has 0 unspecified atom stereocenters. The lowest BCUT2D eigenvalue weighted by Crippen LogP contribution is -2.19. The summed E-state index contributed by atoms with van der Waals surface area (Å²) < 4.78 is 14.2. The van der Waals surface area contributed by atoms with Crippen LogP contribution in [0.5, 0.6) is 0 Å². The number of carbonyl (C=O) groups is 1. The summed E-state index contributed by atoms with van der Waals surface area (Å²) in [6, 6.07) is 7.73. The van der Waals surface area contributed by atoms with Crippen LogP contribution in [0.15, 0.2) is 36.0 Å². The Morgan fingerprint density at radius 1 is 1.39 bits per heavy atom. The number of nitrogens with zero attached hydrogens (tertiary/aromatic N) is 5. The molecule has 1 N–H and O–H groups in total. The van der Waals surface area contributed by atoms with Gasteiger partial charge in [0.2, 0.25) is 5.91 Å². The molecule has 9 heteroatoms. The van der Waals surface area contributed by atoms with Gasteiger partial charge in [0.15, 0.2) is 5.13 Å². The van der Waals surface area contributed by atoms with Crippen molar-refractivity contribution >= 4 is 22.4 Å². The first-order chi connectivity index (χ1) is 11.1. The maximum Gasteiger partial charge on any atom is 0.252 e. The number of nitriles is 1. The number of nitrogens with one attached hydrogen (secondary N) is 1. The molecule has 3 aromatic rings. The van der Waals surface area contributed by atoms with E-state index in [4.69, 9.17) is 5.26 Å². The van der Waals surface area contributed by atoms with Crippen LogP contribution in [0, 0.1) is 17.1 Å². The summed E-state index contributed by atoms with van der Waals surface area (Å²) in [6.07, 6.45) is 1.31. The number of hydrogen-bond donors (Lipinski definition) is 1. The fourth-order valence-corrected chi connectivity index (χ4v) is 2.55. The lowest BCUT2D eigenvalue weighted by atomic mass is 10.2. The number of aromatic nitrogens is 4. The van der Waals surface area contributed by atoms with E-state index in [9.17, 15) is 9.18 Å². The number of hydrogen-bond acceptors (Lipinski definition) is 6. The minimum atomic E-state index is -0.334. The third-order valence-corrected chi connectivity index (χ3v) is 3.59. The summed E-state index contributed by atoms with van der Waals surface area (Å²) in [5.41, 5.74) is 1.41. The van der Waals surface area contributed by atoms with Crippen molar-refractivity contribution in [3.05, 3.63) is 47.6 Å². The third-order valence-electron chi connectivity index (χ3n) is 2.83. The number of thiazole rings is 1. The van der Waals surface area contributed by atoms with Crippen LogP contribution in [-0.2, 0) is 11.3 Å². The second kappa shape index (κ2) is 6.33. The molecule has 1 amide bonds. The largest absolute Gasteiger partial charge is 0.300 e. The highest BCUT2D eigenvalue weighted by Crippen LogP contribution is 2.24. The summed E-state index contributed by atoms with van der Waals surface area (Å²) in [7, 11) is 0. The molecule has 0 spiro atoms. The average Bonchev–Trinajstić information content (AvgIpc) is 3.17. The van der Waals surface area contributed by atoms with Crippen molar-refractivity contribution in [3.63, 3.8) is 0 Å². The number of rotatable bonds is 4. The second-order valence-corrected chi connectivity index (χ2v) is 5.33. The first-order valence-electron chi connectivity index (χ1n) is 6.45. The fraction of sp³-hybridized carbons (Fsp3) is 0.0714. The Balaban J connectivity index is 1.65. The van der Waals surface area contributed by atoms with Crippen molar-refractivity contribution in [1.29, 1.82) is 5.26 Å². The summed E-state index contributed by atoms with van der Waals surface area (Å²) in [5, 5.41) is 17.3. The molecule has 23 heavy (non-hydrogen) atoms. The molecule has 7 nitrogen and oxygen atoms in total. The Morgan fingerprint density at radius 2 is 2.17 bits per heavy atom. The monoisotopic (exact) mass is 328 g/mol. The molecule has 0 fully saturated rings. The lowest BCUT2D eigenvalue weighted by Gasteiger charge is -2.01. The molecule has 0 aliphatic carbocycles. The number of benzene rings is 1. The summed E-state index contributed by atoms with van der Waals surface area (Å²) in [6.45, 7) is -0.0693. The number of carbonyl (C=O) groups excluding carboxylic acids is 1. The van der Waals surface area contributed by atoms with E-state index in [-0.39, 0.29) is 24.1 Å². The molecular weight excluding hydrogens is 319 g/mol. The zero-order chi connectivity index (χ0) is 16.2. The van der Waals surface area contributed by atoms with Gasteiger partial charge in [0.1, 0.15) is 24.8 Å². The van der Waals surface area contributed by atoms with Gasteiger partial charge in [-0.15, -0.1) is 16.4 Å². The Kier molecular flexibility index (Phi) is 4.07. The van der Waals surface area contributed by atoms with E-state index >= 15 is 0 Å². The van der Waals surface area contributed by atoms with Crippen molar-refractivity contribution in [2.24, 2.45) is 0 Å². The Labute approximate surface area is 134 Å². The maximum absolute atomic E-state index is 12.9. The van der Waals surface area contributed by atoms with Crippen molar-refractivity contribution < 1.29 is 9.18 Å². The van der Waals surface area contributed by atoms with Crippen LogP contribution in [0.3, 0.4) is 0 Å². The Bertz CT molecular complexity index is 879. The van der Waals surface area contributed by atoms with Gasteiger partial charge in [-0.05, 0) is 24.3 Å². The Hall–Kier alpha value is -3.12. The molecule has 114 valence electrons. The topological polar surface area (TPSA) is 96.5 Å². The van der Waals surface area contributed by atoms with Gasteiger partial charge in [-0.1, -0.05) is 0 Å². The molecule has 0 aliphatic heterocycles. The molecule has 3 rings (SSSR count). The minimum Gasteiger partial charge on any atom is -0.300 e.